The number of benzene rings is 1. The highest BCUT2D eigenvalue weighted by Crippen LogP contribution is 2.27. The van der Waals surface area contributed by atoms with Crippen molar-refractivity contribution >= 4 is 63.2 Å². The van der Waals surface area contributed by atoms with Crippen LogP contribution in [0.2, 0.25) is 10.0 Å². The van der Waals surface area contributed by atoms with Crippen molar-refractivity contribution in [1.29, 1.82) is 0 Å². The van der Waals surface area contributed by atoms with Gasteiger partial charge in [-0.3, -0.25) is 9.59 Å². The van der Waals surface area contributed by atoms with Gasteiger partial charge in [0, 0.05) is 16.9 Å². The molecule has 0 aliphatic carbocycles. The van der Waals surface area contributed by atoms with Gasteiger partial charge in [0.25, 0.3) is 5.91 Å². The van der Waals surface area contributed by atoms with Crippen molar-refractivity contribution in [3.63, 3.8) is 0 Å². The first kappa shape index (κ1) is 26.5. The number of rotatable bonds is 10. The van der Waals surface area contributed by atoms with Crippen molar-refractivity contribution in [3.05, 3.63) is 50.7 Å². The number of anilines is 1. The average Bonchev–Trinajstić information content (AvgIpc) is 3.36. The maximum atomic E-state index is 13.0. The topological polar surface area (TPSA) is 102 Å². The molecule has 0 aliphatic heterocycles. The molecule has 0 saturated carbocycles. The van der Waals surface area contributed by atoms with Crippen molar-refractivity contribution in [2.75, 3.05) is 11.1 Å². The predicted octanol–water partition coefficient (Wildman–Crippen LogP) is 5.62. The van der Waals surface area contributed by atoms with Gasteiger partial charge < -0.3 is 15.2 Å². The molecule has 2 N–H and O–H groups in total. The fraction of sp³-hybridized carbons (Fsp3) is 0.409. The Hall–Kier alpha value is -2.14. The zero-order chi connectivity index (χ0) is 24.8. The zero-order valence-corrected chi connectivity index (χ0v) is 22.4. The summed E-state index contributed by atoms with van der Waals surface area (Å²) in [5.74, 6) is 0.601. The first-order valence-corrected chi connectivity index (χ1v) is 13.3. The number of amides is 2. The molecular formula is C22H26Cl2N6O2S2. The number of hydrogen-bond donors (Lipinski definition) is 2. The molecule has 8 nitrogen and oxygen atoms in total. The summed E-state index contributed by atoms with van der Waals surface area (Å²) in [6.45, 7) is 8.58. The summed E-state index contributed by atoms with van der Waals surface area (Å²) in [5, 5.41) is 18.3. The van der Waals surface area contributed by atoms with Gasteiger partial charge in [-0.15, -0.1) is 21.5 Å². The number of thioether (sulfide) groups is 1. The van der Waals surface area contributed by atoms with Gasteiger partial charge >= 0.3 is 0 Å². The van der Waals surface area contributed by atoms with E-state index in [2.05, 4.69) is 39.7 Å². The number of aromatic nitrogens is 4. The summed E-state index contributed by atoms with van der Waals surface area (Å²) >= 11 is 14.9. The minimum absolute atomic E-state index is 0.165. The molecule has 0 fully saturated rings. The molecule has 3 aromatic rings. The maximum absolute atomic E-state index is 13.0. The minimum atomic E-state index is -0.381. The molecular weight excluding hydrogens is 515 g/mol. The summed E-state index contributed by atoms with van der Waals surface area (Å²) in [4.78, 5) is 29.6. The molecule has 0 radical (unpaired) electrons. The third-order valence-electron chi connectivity index (χ3n) is 4.76. The quantitative estimate of drug-likeness (QED) is 0.323. The van der Waals surface area contributed by atoms with Gasteiger partial charge in [-0.2, -0.15) is 0 Å². The second-order valence-electron chi connectivity index (χ2n) is 8.00. The number of nitrogens with zero attached hydrogens (tertiary/aromatic N) is 4. The van der Waals surface area contributed by atoms with Crippen LogP contribution >= 0.6 is 46.3 Å². The van der Waals surface area contributed by atoms with Crippen LogP contribution in [0, 0.1) is 12.8 Å². The van der Waals surface area contributed by atoms with Gasteiger partial charge in [-0.25, -0.2) is 4.98 Å². The Balaban J connectivity index is 1.75. The lowest BCUT2D eigenvalue weighted by Gasteiger charge is -2.21. The van der Waals surface area contributed by atoms with Crippen LogP contribution in [0.15, 0.2) is 28.7 Å². The molecule has 12 heteroatoms. The van der Waals surface area contributed by atoms with Gasteiger partial charge in [-0.1, -0.05) is 48.8 Å². The number of halogens is 2. The van der Waals surface area contributed by atoms with Crippen LogP contribution in [-0.4, -0.2) is 37.3 Å². The van der Waals surface area contributed by atoms with E-state index in [1.165, 1.54) is 29.2 Å². The summed E-state index contributed by atoms with van der Waals surface area (Å²) in [6, 6.07) is 4.38. The van der Waals surface area contributed by atoms with Gasteiger partial charge in [0.15, 0.2) is 16.1 Å². The molecule has 2 aromatic heterocycles. The number of hydrogen-bond acceptors (Lipinski definition) is 7. The first-order chi connectivity index (χ1) is 16.2. The molecule has 0 saturated heterocycles. The minimum Gasteiger partial charge on any atom is -0.342 e. The van der Waals surface area contributed by atoms with E-state index >= 15 is 0 Å². The van der Waals surface area contributed by atoms with Crippen molar-refractivity contribution in [2.45, 2.75) is 51.9 Å². The molecule has 0 bridgehead atoms. The van der Waals surface area contributed by atoms with Crippen molar-refractivity contribution in [1.82, 2.24) is 25.1 Å². The van der Waals surface area contributed by atoms with Gasteiger partial charge in [-0.05, 0) is 44.4 Å². The standard InChI is InChI=1S/C22H26Cl2N6O2S2/c1-5-30-19(28-29-22(30)34-11-18(31)27-21-25-13(4)10-33-21)17(8-12(2)3)26-20(32)15-7-6-14(23)9-16(15)24/h6-7,9-10,12,17H,5,8,11H2,1-4H3,(H,26,32)(H,25,27,31)/t17-/m0/s1. The fourth-order valence-corrected chi connectivity index (χ4v) is 5.28. The van der Waals surface area contributed by atoms with E-state index in [1.807, 2.05) is 23.8 Å². The zero-order valence-electron chi connectivity index (χ0n) is 19.3. The highest BCUT2D eigenvalue weighted by atomic mass is 35.5. The number of carbonyl (C=O) groups excluding carboxylic acids is 2. The van der Waals surface area contributed by atoms with Crippen LogP contribution in [0.1, 0.15) is 55.1 Å². The largest absolute Gasteiger partial charge is 0.342 e. The van der Waals surface area contributed by atoms with Crippen LogP contribution in [0.25, 0.3) is 0 Å². The van der Waals surface area contributed by atoms with E-state index in [4.69, 9.17) is 23.2 Å². The van der Waals surface area contributed by atoms with Crippen molar-refractivity contribution in [2.24, 2.45) is 5.92 Å². The second-order valence-corrected chi connectivity index (χ2v) is 10.6. The molecule has 0 aliphatic rings. The predicted molar refractivity (Wildman–Crippen MR) is 138 cm³/mol. The SMILES string of the molecule is CCn1c(SCC(=O)Nc2nc(C)cs2)nnc1[C@H](CC(C)C)NC(=O)c1ccc(Cl)cc1Cl. The Labute approximate surface area is 216 Å². The lowest BCUT2D eigenvalue weighted by molar-refractivity contribution is -0.113. The second kappa shape index (κ2) is 12.0. The number of nitrogens with one attached hydrogen (secondary N) is 2. The monoisotopic (exact) mass is 540 g/mol. The summed E-state index contributed by atoms with van der Waals surface area (Å²) < 4.78 is 1.92. The number of carbonyl (C=O) groups is 2. The van der Waals surface area contributed by atoms with E-state index in [9.17, 15) is 9.59 Å². The van der Waals surface area contributed by atoms with Crippen LogP contribution in [-0.2, 0) is 11.3 Å². The Kier molecular flexibility index (Phi) is 9.35. The van der Waals surface area contributed by atoms with E-state index < -0.39 is 0 Å². The van der Waals surface area contributed by atoms with E-state index in [-0.39, 0.29) is 34.5 Å². The normalized spacial score (nSPS) is 12.1. The first-order valence-electron chi connectivity index (χ1n) is 10.7. The Morgan fingerprint density at radius 1 is 1.24 bits per heavy atom. The molecule has 2 amide bonds. The molecule has 0 spiro atoms. The van der Waals surface area contributed by atoms with Gasteiger partial charge in [0.05, 0.1) is 28.1 Å². The average molecular weight is 542 g/mol. The Morgan fingerprint density at radius 2 is 2.00 bits per heavy atom. The highest BCUT2D eigenvalue weighted by Gasteiger charge is 2.25. The van der Waals surface area contributed by atoms with Crippen LogP contribution in [0.4, 0.5) is 5.13 Å². The third-order valence-corrected chi connectivity index (χ3v) is 7.15. The number of thiazole rings is 1. The Morgan fingerprint density at radius 3 is 2.62 bits per heavy atom. The summed E-state index contributed by atoms with van der Waals surface area (Å²) in [7, 11) is 0. The summed E-state index contributed by atoms with van der Waals surface area (Å²) in [5.41, 5.74) is 1.20. The van der Waals surface area contributed by atoms with Crippen LogP contribution in [0.3, 0.4) is 0 Å². The maximum Gasteiger partial charge on any atom is 0.253 e. The van der Waals surface area contributed by atoms with Crippen molar-refractivity contribution in [3.8, 4) is 0 Å². The summed E-state index contributed by atoms with van der Waals surface area (Å²) in [6.07, 6.45) is 0.656. The van der Waals surface area contributed by atoms with Crippen molar-refractivity contribution < 1.29 is 9.59 Å². The molecule has 1 atom stereocenters. The van der Waals surface area contributed by atoms with Gasteiger partial charge in [0.1, 0.15) is 0 Å². The Bertz CT molecular complexity index is 1160. The van der Waals surface area contributed by atoms with Crippen LogP contribution in [0.5, 0.6) is 0 Å². The molecule has 3 rings (SSSR count). The molecule has 0 unspecified atom stereocenters. The van der Waals surface area contributed by atoms with E-state index in [0.717, 1.165) is 5.69 Å². The molecule has 1 aromatic carbocycles. The van der Waals surface area contributed by atoms with Crippen LogP contribution < -0.4 is 10.6 Å². The lowest BCUT2D eigenvalue weighted by atomic mass is 10.0. The van der Waals surface area contributed by atoms with Gasteiger partial charge in [0.2, 0.25) is 5.91 Å². The third kappa shape index (κ3) is 6.94. The van der Waals surface area contributed by atoms with E-state index in [0.29, 0.717) is 39.7 Å². The van der Waals surface area contributed by atoms with E-state index in [1.54, 1.807) is 12.1 Å². The molecule has 34 heavy (non-hydrogen) atoms. The fourth-order valence-electron chi connectivity index (χ4n) is 3.27. The highest BCUT2D eigenvalue weighted by molar-refractivity contribution is 7.99. The number of aryl methyl sites for hydroxylation is 1. The molecule has 182 valence electrons. The lowest BCUT2D eigenvalue weighted by Crippen LogP contribution is -2.31. The smallest absolute Gasteiger partial charge is 0.253 e. The molecule has 2 heterocycles.